The van der Waals surface area contributed by atoms with Crippen molar-refractivity contribution >= 4 is 27.7 Å². The number of carbonyl (C=O) groups is 2. The highest BCUT2D eigenvalue weighted by atomic mass is 79.9. The number of rotatable bonds is 12. The van der Waals surface area contributed by atoms with Crippen LogP contribution < -0.4 is 10.1 Å². The van der Waals surface area contributed by atoms with Crippen LogP contribution in [-0.2, 0) is 29.0 Å². The van der Waals surface area contributed by atoms with Crippen molar-refractivity contribution in [3.8, 4) is 5.75 Å². The average Bonchev–Trinajstić information content (AvgIpc) is 2.88. The molecule has 0 aliphatic carbocycles. The first-order valence-corrected chi connectivity index (χ1v) is 13.2. The third-order valence-electron chi connectivity index (χ3n) is 5.89. The highest BCUT2D eigenvalue weighted by Crippen LogP contribution is 2.19. The van der Waals surface area contributed by atoms with Gasteiger partial charge in [0.1, 0.15) is 11.8 Å². The Kier molecular flexibility index (Phi) is 10.6. The highest BCUT2D eigenvalue weighted by molar-refractivity contribution is 9.10. The first-order chi connectivity index (χ1) is 17.4. The molecule has 0 aliphatic rings. The lowest BCUT2D eigenvalue weighted by Crippen LogP contribution is -2.52. The molecule has 3 rings (SSSR count). The molecular weight excluding hydrogens is 516 g/mol. The summed E-state index contributed by atoms with van der Waals surface area (Å²) in [5, 5.41) is 3.04. The van der Waals surface area contributed by atoms with E-state index >= 15 is 0 Å². The molecule has 0 bridgehead atoms. The number of carbonyl (C=O) groups excluding carboxylic acids is 2. The quantitative estimate of drug-likeness (QED) is 0.310. The van der Waals surface area contributed by atoms with Crippen molar-refractivity contribution in [2.24, 2.45) is 5.92 Å². The molecule has 6 heteroatoms. The summed E-state index contributed by atoms with van der Waals surface area (Å²) >= 11 is 3.52. The molecule has 0 spiro atoms. The second kappa shape index (κ2) is 13.8. The number of benzene rings is 3. The lowest BCUT2D eigenvalue weighted by Gasteiger charge is -2.31. The Morgan fingerprint density at radius 2 is 1.61 bits per heavy atom. The third-order valence-corrected chi connectivity index (χ3v) is 6.38. The fourth-order valence-electron chi connectivity index (χ4n) is 3.86. The van der Waals surface area contributed by atoms with Gasteiger partial charge in [0.15, 0.2) is 6.61 Å². The topological polar surface area (TPSA) is 58.6 Å². The molecule has 36 heavy (non-hydrogen) atoms. The molecule has 3 aromatic rings. The van der Waals surface area contributed by atoms with Crippen molar-refractivity contribution < 1.29 is 14.3 Å². The highest BCUT2D eigenvalue weighted by Gasteiger charge is 2.30. The summed E-state index contributed by atoms with van der Waals surface area (Å²) in [5.74, 6) is 0.528. The summed E-state index contributed by atoms with van der Waals surface area (Å²) in [6.45, 7) is 6.88. The van der Waals surface area contributed by atoms with Crippen LogP contribution in [-0.4, -0.2) is 35.9 Å². The van der Waals surface area contributed by atoms with Gasteiger partial charge in [-0.15, -0.1) is 0 Å². The predicted molar refractivity (Wildman–Crippen MR) is 148 cm³/mol. The molecule has 0 saturated carbocycles. The van der Waals surface area contributed by atoms with E-state index in [0.717, 1.165) is 22.0 Å². The summed E-state index contributed by atoms with van der Waals surface area (Å²) in [6.07, 6.45) is 1.35. The maximum Gasteiger partial charge on any atom is 0.261 e. The van der Waals surface area contributed by atoms with E-state index < -0.39 is 6.04 Å². The maximum atomic E-state index is 13.6. The Hall–Kier alpha value is -3.12. The van der Waals surface area contributed by atoms with Crippen molar-refractivity contribution in [3.63, 3.8) is 0 Å². The number of halogens is 1. The Balaban J connectivity index is 1.88. The Morgan fingerprint density at radius 1 is 0.917 bits per heavy atom. The van der Waals surface area contributed by atoms with Crippen LogP contribution in [0, 0.1) is 5.92 Å². The van der Waals surface area contributed by atoms with Crippen LogP contribution in [0.25, 0.3) is 0 Å². The smallest absolute Gasteiger partial charge is 0.261 e. The van der Waals surface area contributed by atoms with E-state index in [1.807, 2.05) is 78.9 Å². The van der Waals surface area contributed by atoms with Crippen LogP contribution in [0.3, 0.4) is 0 Å². The number of amides is 2. The first kappa shape index (κ1) is 27.5. The number of hydrogen-bond acceptors (Lipinski definition) is 3. The molecule has 1 unspecified atom stereocenters. The summed E-state index contributed by atoms with van der Waals surface area (Å²) < 4.78 is 6.78. The molecule has 1 N–H and O–H groups in total. The second-order valence-corrected chi connectivity index (χ2v) is 10.2. The van der Waals surface area contributed by atoms with Gasteiger partial charge in [0.25, 0.3) is 5.91 Å². The largest absolute Gasteiger partial charge is 0.484 e. The Morgan fingerprint density at radius 3 is 2.25 bits per heavy atom. The number of nitrogens with zero attached hydrogens (tertiary/aromatic N) is 1. The minimum atomic E-state index is -0.677. The van der Waals surface area contributed by atoms with E-state index in [0.29, 0.717) is 31.2 Å². The number of nitrogens with one attached hydrogen (secondary N) is 1. The van der Waals surface area contributed by atoms with Crippen molar-refractivity contribution in [1.82, 2.24) is 10.2 Å². The van der Waals surface area contributed by atoms with Gasteiger partial charge in [-0.1, -0.05) is 91.3 Å². The molecule has 2 amide bonds. The van der Waals surface area contributed by atoms with Gasteiger partial charge in [-0.2, -0.15) is 0 Å². The minimum absolute atomic E-state index is 0.151. The van der Waals surface area contributed by atoms with E-state index in [9.17, 15) is 9.59 Å². The summed E-state index contributed by atoms with van der Waals surface area (Å²) in [4.78, 5) is 28.7. The Labute approximate surface area is 223 Å². The SMILES string of the molecule is CCc1ccc(OCC(=O)N(Cc2cccc(Br)c2)C(Cc2ccccc2)C(=O)NCC(C)C)cc1. The number of aryl methyl sites for hydroxylation is 1. The molecule has 0 aliphatic heterocycles. The van der Waals surface area contributed by atoms with E-state index in [-0.39, 0.29) is 18.4 Å². The molecular formula is C30H35BrN2O3. The zero-order valence-electron chi connectivity index (χ0n) is 21.2. The van der Waals surface area contributed by atoms with Crippen molar-refractivity contribution in [2.75, 3.05) is 13.2 Å². The standard InChI is InChI=1S/C30H35BrN2O3/c1-4-23-13-15-27(16-14-23)36-21-29(34)33(20-25-11-8-12-26(31)17-25)28(30(35)32-19-22(2)3)18-24-9-6-5-7-10-24/h5-17,22,28H,4,18-21H2,1-3H3,(H,32,35). The fourth-order valence-corrected chi connectivity index (χ4v) is 4.30. The van der Waals surface area contributed by atoms with Gasteiger partial charge in [-0.3, -0.25) is 9.59 Å². The van der Waals surface area contributed by atoms with Crippen LogP contribution >= 0.6 is 15.9 Å². The molecule has 0 fully saturated rings. The second-order valence-electron chi connectivity index (χ2n) is 9.28. The van der Waals surface area contributed by atoms with Gasteiger partial charge in [0.05, 0.1) is 0 Å². The van der Waals surface area contributed by atoms with Gasteiger partial charge in [0.2, 0.25) is 5.91 Å². The third kappa shape index (κ3) is 8.52. The average molecular weight is 552 g/mol. The zero-order chi connectivity index (χ0) is 25.9. The molecule has 190 valence electrons. The molecule has 5 nitrogen and oxygen atoms in total. The lowest BCUT2D eigenvalue weighted by atomic mass is 10.0. The molecule has 0 aromatic heterocycles. The molecule has 0 radical (unpaired) electrons. The van der Waals surface area contributed by atoms with Gasteiger partial charge in [0, 0.05) is 24.0 Å². The van der Waals surface area contributed by atoms with E-state index in [4.69, 9.17) is 4.74 Å². The minimum Gasteiger partial charge on any atom is -0.484 e. The molecule has 1 atom stereocenters. The zero-order valence-corrected chi connectivity index (χ0v) is 22.8. The Bertz CT molecular complexity index is 1120. The number of ether oxygens (including phenoxy) is 1. The van der Waals surface area contributed by atoms with Gasteiger partial charge in [-0.25, -0.2) is 0 Å². The van der Waals surface area contributed by atoms with Crippen LogP contribution in [0.2, 0.25) is 0 Å². The predicted octanol–water partition coefficient (Wildman–Crippen LogP) is 5.80. The summed E-state index contributed by atoms with van der Waals surface area (Å²) in [6, 6.07) is 24.7. The van der Waals surface area contributed by atoms with Gasteiger partial charge < -0.3 is 15.0 Å². The fraction of sp³-hybridized carbons (Fsp3) is 0.333. The van der Waals surface area contributed by atoms with Crippen LogP contribution in [0.15, 0.2) is 83.3 Å². The van der Waals surface area contributed by atoms with E-state index in [1.165, 1.54) is 5.56 Å². The van der Waals surface area contributed by atoms with Crippen molar-refractivity contribution in [2.45, 2.75) is 46.2 Å². The van der Waals surface area contributed by atoms with Gasteiger partial charge >= 0.3 is 0 Å². The van der Waals surface area contributed by atoms with Crippen LogP contribution in [0.5, 0.6) is 5.75 Å². The van der Waals surface area contributed by atoms with Gasteiger partial charge in [-0.05, 0) is 53.3 Å². The normalized spacial score (nSPS) is 11.7. The van der Waals surface area contributed by atoms with Crippen LogP contribution in [0.4, 0.5) is 0 Å². The maximum absolute atomic E-state index is 13.6. The first-order valence-electron chi connectivity index (χ1n) is 12.4. The molecule has 0 heterocycles. The van der Waals surface area contributed by atoms with Crippen molar-refractivity contribution in [3.05, 3.63) is 100 Å². The van der Waals surface area contributed by atoms with E-state index in [1.54, 1.807) is 4.90 Å². The molecule has 0 saturated heterocycles. The van der Waals surface area contributed by atoms with Crippen LogP contribution in [0.1, 0.15) is 37.5 Å². The summed E-state index contributed by atoms with van der Waals surface area (Å²) in [7, 11) is 0. The van der Waals surface area contributed by atoms with E-state index in [2.05, 4.69) is 42.0 Å². The number of hydrogen-bond donors (Lipinski definition) is 1. The monoisotopic (exact) mass is 550 g/mol. The summed E-state index contributed by atoms with van der Waals surface area (Å²) in [5.41, 5.74) is 3.12. The van der Waals surface area contributed by atoms with Crippen molar-refractivity contribution in [1.29, 1.82) is 0 Å². The molecule has 3 aromatic carbocycles. The lowest BCUT2D eigenvalue weighted by molar-refractivity contribution is -0.142.